The van der Waals surface area contributed by atoms with E-state index in [4.69, 9.17) is 51.1 Å². The fraction of sp³-hybridized carbons (Fsp3) is 0.258. The van der Waals surface area contributed by atoms with Crippen molar-refractivity contribution in [2.75, 3.05) is 39.8 Å². The number of ether oxygens (including phenoxy) is 1. The van der Waals surface area contributed by atoms with E-state index in [-0.39, 0.29) is 77.8 Å². The van der Waals surface area contributed by atoms with Crippen LogP contribution in [0.1, 0.15) is 162 Å². The standard InChI is InChI=1S/C19H15ClF3N5O2.C18H12ClF4N5O.C18H15F2N5O.2C17H14ClF3N6O/c1-30-11-5-7-24-16(9-11)28-15-6-8-27(10-14(15)25-26-28)18(29)12-3-2-4-13(17(12)20)19(21,22)23;19-16-10(3-1-4-11(16)18(21,22)23)17(29)27-8-7-13-12(9-27)25-26-28(13)15-6-2-5-14(20)24-15;1-11-12(5-6-13(19)17(11)20)18(26)24-9-7-15-14(10-24)22-23-25(15)16-4-2-3-8-21-16;2*1-9-15-12(27(25-24-15)13-5-7-22-23-13)6-8-26(9)16(28)10-3-2-4-11(14(10)18)17(19,20)21/h2-5,7,9H,6,8,10H2,1H3;1-6H,7-9H2;2-6,8H,7,9-10H2,1H3;2*2-5,7,9H,6,8H2,1H3,(H,22,23)/t;;;2*9-/m...10/s1. The van der Waals surface area contributed by atoms with Crippen LogP contribution >= 0.6 is 46.4 Å². The number of fused-ring (bicyclic) bond motifs is 5. The van der Waals surface area contributed by atoms with E-state index < -0.39 is 120 Å². The molecule has 0 saturated carbocycles. The average Bonchev–Trinajstić information content (AvgIpc) is 1.62. The van der Waals surface area contributed by atoms with E-state index in [0.717, 1.165) is 59.2 Å². The molecule has 5 aromatic carbocycles. The number of alkyl halides is 12. The normalized spacial score (nSPS) is 15.0. The Balaban J connectivity index is 0.000000127. The van der Waals surface area contributed by atoms with Gasteiger partial charge in [0.25, 0.3) is 29.5 Å². The molecule has 2 N–H and O–H groups in total. The van der Waals surface area contributed by atoms with Gasteiger partial charge in [-0.25, -0.2) is 23.7 Å². The van der Waals surface area contributed by atoms with Crippen molar-refractivity contribution in [1.82, 2.24) is 135 Å². The van der Waals surface area contributed by atoms with Crippen molar-refractivity contribution in [3.8, 4) is 34.8 Å². The third kappa shape index (κ3) is 20.4. The summed E-state index contributed by atoms with van der Waals surface area (Å²) in [7, 11) is 1.54. The summed E-state index contributed by atoms with van der Waals surface area (Å²) >= 11 is 23.6. The molecule has 15 aromatic rings. The van der Waals surface area contributed by atoms with Gasteiger partial charge < -0.3 is 29.2 Å². The molecule has 0 saturated heterocycles. The smallest absolute Gasteiger partial charge is 0.417 e. The second kappa shape index (κ2) is 40.4. The minimum absolute atomic E-state index is 0.0120. The van der Waals surface area contributed by atoms with Gasteiger partial charge in [0.05, 0.1) is 144 Å². The second-order valence-corrected chi connectivity index (χ2v) is 33.3. The Morgan fingerprint density at radius 2 is 0.752 bits per heavy atom. The van der Waals surface area contributed by atoms with E-state index in [0.29, 0.717) is 115 Å². The molecule has 33 nitrogen and oxygen atoms in total. The number of nitrogens with one attached hydrogen (secondary N) is 2. The van der Waals surface area contributed by atoms with Crippen LogP contribution < -0.4 is 4.74 Å². The number of benzene rings is 5. The molecule has 2 atom stereocenters. The number of hydrogen-bond donors (Lipinski definition) is 2. The van der Waals surface area contributed by atoms with Gasteiger partial charge in [-0.15, -0.1) is 25.5 Å². The highest BCUT2D eigenvalue weighted by Crippen LogP contribution is 2.44. The van der Waals surface area contributed by atoms with Crippen LogP contribution in [0.4, 0.5) is 65.9 Å². The molecule has 0 spiro atoms. The maximum atomic E-state index is 13.8. The molecule has 0 unspecified atom stereocenters. The highest BCUT2D eigenvalue weighted by Gasteiger charge is 2.44. The maximum Gasteiger partial charge on any atom is 0.417 e. The van der Waals surface area contributed by atoms with Crippen LogP contribution in [-0.4, -0.2) is 204 Å². The van der Waals surface area contributed by atoms with E-state index in [1.165, 1.54) is 99.0 Å². The first-order chi connectivity index (χ1) is 67.2. The van der Waals surface area contributed by atoms with Crippen LogP contribution in [0.5, 0.6) is 5.75 Å². The van der Waals surface area contributed by atoms with Gasteiger partial charge in [0.2, 0.25) is 5.95 Å². The molecule has 10 aromatic heterocycles. The third-order valence-corrected chi connectivity index (χ3v) is 25.0. The fourth-order valence-electron chi connectivity index (χ4n) is 16.3. The largest absolute Gasteiger partial charge is 0.497 e. The molecule has 0 radical (unpaired) electrons. The molecule has 141 heavy (non-hydrogen) atoms. The van der Waals surface area contributed by atoms with Gasteiger partial charge in [-0.2, -0.15) is 90.7 Å². The number of carbonyl (C=O) groups is 5. The van der Waals surface area contributed by atoms with Crippen LogP contribution in [0, 0.1) is 24.5 Å². The van der Waals surface area contributed by atoms with Gasteiger partial charge in [0, 0.05) is 107 Å². The van der Waals surface area contributed by atoms with Crippen LogP contribution in [0.3, 0.4) is 0 Å². The quantitative estimate of drug-likeness (QED) is 0.0897. The van der Waals surface area contributed by atoms with E-state index in [1.54, 1.807) is 92.6 Å². The molecule has 5 aliphatic rings. The Bertz CT molecular complexity index is 7050. The number of hydrogen-bond acceptors (Lipinski definition) is 21. The Morgan fingerprint density at radius 1 is 0.383 bits per heavy atom. The Morgan fingerprint density at radius 3 is 1.13 bits per heavy atom. The van der Waals surface area contributed by atoms with Crippen LogP contribution in [-0.2, 0) is 76.4 Å². The van der Waals surface area contributed by atoms with Gasteiger partial charge in [-0.3, -0.25) is 34.2 Å². The average molecular weight is 2040 g/mol. The van der Waals surface area contributed by atoms with Crippen LogP contribution in [0.25, 0.3) is 29.1 Å². The molecule has 5 amide bonds. The van der Waals surface area contributed by atoms with Gasteiger partial charge in [0.1, 0.15) is 34.2 Å². The Kier molecular flexibility index (Phi) is 28.4. The van der Waals surface area contributed by atoms with Crippen molar-refractivity contribution in [1.29, 1.82) is 0 Å². The lowest BCUT2D eigenvalue weighted by atomic mass is 10.0. The predicted octanol–water partition coefficient (Wildman–Crippen LogP) is 16.5. The summed E-state index contributed by atoms with van der Waals surface area (Å²) in [6.45, 7) is 6.81. The summed E-state index contributed by atoms with van der Waals surface area (Å²) in [5, 5.41) is 51.9. The molecular formula is C89H70Cl4F15N27O6. The first kappa shape index (κ1) is 99.0. The zero-order chi connectivity index (χ0) is 101. The summed E-state index contributed by atoms with van der Waals surface area (Å²) in [4.78, 5) is 83.8. The number of amides is 5. The topological polar surface area (TPSA) is 360 Å². The van der Waals surface area contributed by atoms with Gasteiger partial charge >= 0.3 is 24.7 Å². The predicted molar refractivity (Wildman–Crippen MR) is 470 cm³/mol. The molecule has 730 valence electrons. The lowest BCUT2D eigenvalue weighted by Gasteiger charge is -2.33. The Labute approximate surface area is 805 Å². The first-order valence-corrected chi connectivity index (χ1v) is 43.8. The number of aromatic amines is 2. The summed E-state index contributed by atoms with van der Waals surface area (Å²) in [6.07, 6.45) is -10.0. The molecular weight excluding hydrogens is 1970 g/mol. The van der Waals surface area contributed by atoms with Gasteiger partial charge in [-0.1, -0.05) is 109 Å². The molecule has 0 fully saturated rings. The van der Waals surface area contributed by atoms with E-state index >= 15 is 0 Å². The zero-order valence-corrected chi connectivity index (χ0v) is 76.3. The molecule has 0 bridgehead atoms. The minimum atomic E-state index is -4.66. The van der Waals surface area contributed by atoms with E-state index in [2.05, 4.69) is 86.9 Å². The van der Waals surface area contributed by atoms with Crippen molar-refractivity contribution in [3.05, 3.63) is 321 Å². The number of nitrogens with zero attached hydrogens (tertiary/aromatic N) is 25. The minimum Gasteiger partial charge on any atom is -0.497 e. The van der Waals surface area contributed by atoms with Crippen LogP contribution in [0.2, 0.25) is 20.1 Å². The fourth-order valence-corrected chi connectivity index (χ4v) is 17.5. The molecule has 52 heteroatoms. The summed E-state index contributed by atoms with van der Waals surface area (Å²) in [5.74, 6) is -2.03. The van der Waals surface area contributed by atoms with Gasteiger partial charge in [0.15, 0.2) is 40.7 Å². The maximum absolute atomic E-state index is 13.8. The lowest BCUT2D eigenvalue weighted by Crippen LogP contribution is -2.39. The molecule has 5 aliphatic heterocycles. The number of aromatic nitrogens is 22. The first-order valence-electron chi connectivity index (χ1n) is 42.3. The van der Waals surface area contributed by atoms with Crippen molar-refractivity contribution >= 4 is 75.9 Å². The summed E-state index contributed by atoms with van der Waals surface area (Å²) in [6, 6.07) is 31.2. The number of H-pyrrole nitrogens is 2. The summed E-state index contributed by atoms with van der Waals surface area (Å²) in [5.41, 5.74) is 1.99. The third-order valence-electron chi connectivity index (χ3n) is 23.4. The highest BCUT2D eigenvalue weighted by atomic mass is 35.5. The molecule has 20 rings (SSSR count). The van der Waals surface area contributed by atoms with E-state index in [1.807, 2.05) is 18.2 Å². The second-order valence-electron chi connectivity index (χ2n) is 31.8. The van der Waals surface area contributed by atoms with E-state index in [9.17, 15) is 89.8 Å². The highest BCUT2D eigenvalue weighted by molar-refractivity contribution is 6.36. The SMILES string of the molecule is COc1ccnc(-n2nnc3c2CCN(C(=O)c2cccc(C(F)(F)F)c2Cl)C3)c1.C[C@@H]1c2nnn(-c3ccn[nH]3)c2CCN1C(=O)c1cccc(C(F)(F)F)c1Cl.C[C@H]1c2nnn(-c3ccn[nH]3)c2CCN1C(=O)c1cccc(C(F)(F)F)c1Cl.Cc1c(C(=O)N2CCc3c(nnn3-c3ccccn3)C2)ccc(F)c1F.O=C(c1cccc(C(F)(F)F)c1Cl)N1CCc2c(nnn2-c2cccc(F)n2)C1. The van der Waals surface area contributed by atoms with Gasteiger partial charge in [-0.05, 0) is 112 Å². The van der Waals surface area contributed by atoms with Crippen molar-refractivity contribution in [2.45, 2.75) is 109 Å². The van der Waals surface area contributed by atoms with Crippen molar-refractivity contribution in [2.24, 2.45) is 0 Å². The van der Waals surface area contributed by atoms with Crippen molar-refractivity contribution < 1.29 is 94.6 Å². The number of halogens is 19. The number of carbonyl (C=O) groups excluding carboxylic acids is 5. The molecule has 15 heterocycles. The number of pyridine rings is 3. The number of rotatable bonds is 11. The summed E-state index contributed by atoms with van der Waals surface area (Å²) < 4.78 is 211. The monoisotopic (exact) mass is 2040 g/mol. The van der Waals surface area contributed by atoms with Crippen molar-refractivity contribution in [3.63, 3.8) is 0 Å². The lowest BCUT2D eigenvalue weighted by molar-refractivity contribution is -0.138. The number of methoxy groups -OCH3 is 1. The Hall–Kier alpha value is -15.1. The molecule has 0 aliphatic carbocycles. The van der Waals surface area contributed by atoms with Crippen LogP contribution in [0.15, 0.2) is 170 Å². The zero-order valence-electron chi connectivity index (χ0n) is 73.3.